The lowest BCUT2D eigenvalue weighted by molar-refractivity contribution is 0.185. The molecule has 4 N–H and O–H groups in total. The van der Waals surface area contributed by atoms with Gasteiger partial charge in [0.15, 0.2) is 0 Å². The molecular formula is C50H62N6O2. The maximum Gasteiger partial charge on any atom is 0.315 e. The third kappa shape index (κ3) is 7.75. The van der Waals surface area contributed by atoms with E-state index in [0.717, 1.165) is 59.4 Å². The number of benzene rings is 4. The number of nitrogens with one attached hydrogen (secondary N) is 4. The monoisotopic (exact) mass is 778 g/mol. The predicted molar refractivity (Wildman–Crippen MR) is 231 cm³/mol. The van der Waals surface area contributed by atoms with E-state index in [0.29, 0.717) is 37.3 Å². The molecule has 2 saturated heterocycles. The Morgan fingerprint density at radius 2 is 0.810 bits per heavy atom. The van der Waals surface area contributed by atoms with Crippen molar-refractivity contribution in [3.8, 4) is 0 Å². The van der Waals surface area contributed by atoms with Crippen molar-refractivity contribution in [1.29, 1.82) is 0 Å². The van der Waals surface area contributed by atoms with Crippen molar-refractivity contribution in [2.75, 3.05) is 13.1 Å². The van der Waals surface area contributed by atoms with E-state index < -0.39 is 0 Å². The molecule has 0 aromatic heterocycles. The molecule has 4 aromatic rings. The van der Waals surface area contributed by atoms with Gasteiger partial charge in [0.25, 0.3) is 0 Å². The first kappa shape index (κ1) is 37.8. The van der Waals surface area contributed by atoms with Crippen molar-refractivity contribution in [1.82, 2.24) is 31.1 Å². The summed E-state index contributed by atoms with van der Waals surface area (Å²) in [6, 6.07) is 33.5. The van der Waals surface area contributed by atoms with E-state index in [4.69, 9.17) is 0 Å². The molecule has 4 unspecified atom stereocenters. The van der Waals surface area contributed by atoms with Crippen molar-refractivity contribution in [3.63, 3.8) is 0 Å². The number of rotatable bonds is 12. The quantitative estimate of drug-likeness (QED) is 0.115. The largest absolute Gasteiger partial charge is 0.335 e. The Bertz CT molecular complexity index is 1890. The van der Waals surface area contributed by atoms with Crippen LogP contribution >= 0.6 is 0 Å². The standard InChI is InChI=1S/C50H62N6O2/c57-49(53-39-17-13-33(14-18-39)25-27-55-45-21-22-46(55)42-10-4-3-9-41(42)45)51-31-37-29-35-7-1-2-8-36(35)30-38(37)32-52-50(58)54-40-19-15-34(16-20-40)26-28-56-47-23-24-48(56)44-12-6-5-11-43(44)47/h1-12,29-30,33-34,39-40,45-48H,13-28,31-32H2,(H2,51,53,57)(H2,52,54,58). The number of carbonyl (C=O) groups excluding carboxylic acids is 2. The molecule has 4 aromatic carbocycles. The average Bonchev–Trinajstić information content (AvgIpc) is 4.03. The van der Waals surface area contributed by atoms with Crippen LogP contribution in [0.2, 0.25) is 0 Å². The number of nitrogens with zero attached hydrogens (tertiary/aromatic N) is 2. The van der Waals surface area contributed by atoms with E-state index in [9.17, 15) is 9.59 Å². The van der Waals surface area contributed by atoms with Crippen molar-refractivity contribution >= 4 is 22.8 Å². The first-order valence-corrected chi connectivity index (χ1v) is 22.8. The van der Waals surface area contributed by atoms with E-state index in [1.807, 2.05) is 12.1 Å². The number of fused-ring (bicyclic) bond motifs is 11. The molecule has 4 bridgehead atoms. The fourth-order valence-electron chi connectivity index (χ4n) is 12.3. The van der Waals surface area contributed by atoms with Gasteiger partial charge >= 0.3 is 12.1 Å². The van der Waals surface area contributed by atoms with E-state index >= 15 is 0 Å². The fraction of sp³-hybridized carbons (Fsp3) is 0.520. The Morgan fingerprint density at radius 1 is 0.466 bits per heavy atom. The molecule has 8 nitrogen and oxygen atoms in total. The van der Waals surface area contributed by atoms with Crippen LogP contribution in [0.5, 0.6) is 0 Å². The number of carbonyl (C=O) groups is 2. The first-order chi connectivity index (χ1) is 28.5. The van der Waals surface area contributed by atoms with Gasteiger partial charge in [-0.2, -0.15) is 0 Å². The van der Waals surface area contributed by atoms with Crippen LogP contribution in [0, 0.1) is 11.8 Å². The lowest BCUT2D eigenvalue weighted by Crippen LogP contribution is -2.44. The summed E-state index contributed by atoms with van der Waals surface area (Å²) in [7, 11) is 0. The number of hydrogen-bond donors (Lipinski definition) is 4. The first-order valence-electron chi connectivity index (χ1n) is 22.8. The van der Waals surface area contributed by atoms with Crippen LogP contribution in [-0.2, 0) is 13.1 Å². The van der Waals surface area contributed by atoms with Crippen molar-refractivity contribution < 1.29 is 9.59 Å². The summed E-state index contributed by atoms with van der Waals surface area (Å²) in [4.78, 5) is 32.0. The lowest BCUT2D eigenvalue weighted by atomic mass is 9.84. The average molecular weight is 779 g/mol. The molecule has 4 aliphatic heterocycles. The second-order valence-electron chi connectivity index (χ2n) is 18.6. The smallest absolute Gasteiger partial charge is 0.315 e. The van der Waals surface area contributed by atoms with Crippen LogP contribution in [0.15, 0.2) is 84.9 Å². The summed E-state index contributed by atoms with van der Waals surface area (Å²) < 4.78 is 0. The summed E-state index contributed by atoms with van der Waals surface area (Å²) >= 11 is 0. The van der Waals surface area contributed by atoms with E-state index in [1.165, 1.54) is 77.3 Å². The lowest BCUT2D eigenvalue weighted by Gasteiger charge is -2.31. The Morgan fingerprint density at radius 3 is 1.17 bits per heavy atom. The highest BCUT2D eigenvalue weighted by atomic mass is 16.2. The summed E-state index contributed by atoms with van der Waals surface area (Å²) in [6.45, 7) is 3.21. The zero-order chi connectivity index (χ0) is 39.0. The maximum atomic E-state index is 13.2. The third-order valence-electron chi connectivity index (χ3n) is 15.4. The SMILES string of the molecule is O=C(NCc1cc2ccccc2cc1CNC(=O)NC1CCC(CCN2C3CCC2c2ccccc23)CC1)NC1CCC(CCN2C3CCC2c2ccccc23)CC1. The maximum absolute atomic E-state index is 13.2. The van der Waals surface area contributed by atoms with Gasteiger partial charge in [-0.1, -0.05) is 72.8 Å². The van der Waals surface area contributed by atoms with Crippen LogP contribution < -0.4 is 21.3 Å². The van der Waals surface area contributed by atoms with Gasteiger partial charge in [-0.05, 0) is 171 Å². The zero-order valence-electron chi connectivity index (χ0n) is 34.1. The summed E-state index contributed by atoms with van der Waals surface area (Å²) in [6.07, 6.45) is 16.6. The molecule has 4 atom stereocenters. The molecule has 8 heteroatoms. The van der Waals surface area contributed by atoms with Crippen molar-refractivity contribution in [3.05, 3.63) is 118 Å². The number of hydrogen-bond acceptors (Lipinski definition) is 4. The topological polar surface area (TPSA) is 88.7 Å². The highest BCUT2D eigenvalue weighted by Crippen LogP contribution is 2.54. The van der Waals surface area contributed by atoms with Gasteiger partial charge in [-0.25, -0.2) is 9.59 Å². The van der Waals surface area contributed by atoms with Crippen LogP contribution in [0.4, 0.5) is 9.59 Å². The minimum atomic E-state index is -0.104. The molecule has 6 aliphatic rings. The summed E-state index contributed by atoms with van der Waals surface area (Å²) in [5, 5.41) is 15.2. The molecule has 58 heavy (non-hydrogen) atoms. The van der Waals surface area contributed by atoms with Gasteiger partial charge in [-0.15, -0.1) is 0 Å². The predicted octanol–water partition coefficient (Wildman–Crippen LogP) is 10.1. The van der Waals surface area contributed by atoms with Crippen LogP contribution in [-0.4, -0.2) is 47.0 Å². The zero-order valence-corrected chi connectivity index (χ0v) is 34.1. The fourth-order valence-corrected chi connectivity index (χ4v) is 12.3. The molecule has 304 valence electrons. The van der Waals surface area contributed by atoms with Gasteiger partial charge in [0, 0.05) is 49.3 Å². The Balaban J connectivity index is 0.657. The highest BCUT2D eigenvalue weighted by molar-refractivity contribution is 5.84. The molecular weight excluding hydrogens is 717 g/mol. The van der Waals surface area contributed by atoms with Gasteiger partial charge < -0.3 is 21.3 Å². The van der Waals surface area contributed by atoms with Gasteiger partial charge in [0.2, 0.25) is 0 Å². The highest BCUT2D eigenvalue weighted by Gasteiger charge is 2.44. The second kappa shape index (κ2) is 16.7. The molecule has 0 radical (unpaired) electrons. The Hall–Kier alpha value is -4.40. The van der Waals surface area contributed by atoms with E-state index in [2.05, 4.69) is 104 Å². The summed E-state index contributed by atoms with van der Waals surface area (Å²) in [5.41, 5.74) is 8.34. The van der Waals surface area contributed by atoms with Crippen molar-refractivity contribution in [2.45, 2.75) is 139 Å². The number of amides is 4. The summed E-state index contributed by atoms with van der Waals surface area (Å²) in [5.74, 6) is 1.48. The van der Waals surface area contributed by atoms with E-state index in [-0.39, 0.29) is 24.1 Å². The van der Waals surface area contributed by atoms with Gasteiger partial charge in [-0.3, -0.25) is 9.80 Å². The molecule has 10 rings (SSSR count). The second-order valence-corrected chi connectivity index (χ2v) is 18.6. The molecule has 2 aliphatic carbocycles. The third-order valence-corrected chi connectivity index (χ3v) is 15.4. The molecule has 2 saturated carbocycles. The molecule has 4 heterocycles. The van der Waals surface area contributed by atoms with E-state index in [1.54, 1.807) is 22.3 Å². The Labute approximate surface area is 344 Å². The minimum Gasteiger partial charge on any atom is -0.335 e. The normalized spacial score (nSPS) is 28.6. The minimum absolute atomic E-state index is 0.104. The van der Waals surface area contributed by atoms with Gasteiger partial charge in [0.1, 0.15) is 0 Å². The van der Waals surface area contributed by atoms with Crippen LogP contribution in [0.1, 0.15) is 147 Å². The van der Waals surface area contributed by atoms with Crippen molar-refractivity contribution in [2.24, 2.45) is 11.8 Å². The molecule has 0 spiro atoms. The van der Waals surface area contributed by atoms with Crippen LogP contribution in [0.3, 0.4) is 0 Å². The number of urea groups is 2. The van der Waals surface area contributed by atoms with Crippen LogP contribution in [0.25, 0.3) is 10.8 Å². The van der Waals surface area contributed by atoms with Gasteiger partial charge in [0.05, 0.1) is 0 Å². The molecule has 4 amide bonds. The Kier molecular flexibility index (Phi) is 10.9. The molecule has 4 fully saturated rings.